The number of ether oxygens (including phenoxy) is 3. The van der Waals surface area contributed by atoms with E-state index in [9.17, 15) is 14.4 Å². The Kier molecular flexibility index (Phi) is 8.30. The van der Waals surface area contributed by atoms with Crippen LogP contribution in [0.1, 0.15) is 56.3 Å². The summed E-state index contributed by atoms with van der Waals surface area (Å²) in [6.07, 6.45) is 4.83. The van der Waals surface area contributed by atoms with Gasteiger partial charge < -0.3 is 24.8 Å². The van der Waals surface area contributed by atoms with Crippen LogP contribution in [-0.2, 0) is 14.3 Å². The van der Waals surface area contributed by atoms with Crippen molar-refractivity contribution >= 4 is 23.5 Å². The molecule has 8 nitrogen and oxygen atoms in total. The first-order valence-electron chi connectivity index (χ1n) is 9.89. The second-order valence-electron chi connectivity index (χ2n) is 7.38. The maximum atomic E-state index is 12.7. The van der Waals surface area contributed by atoms with Crippen LogP contribution >= 0.6 is 0 Å². The zero-order chi connectivity index (χ0) is 21.4. The monoisotopic (exact) mass is 406 g/mol. The molecule has 0 bridgehead atoms. The van der Waals surface area contributed by atoms with Crippen molar-refractivity contribution in [2.24, 2.45) is 5.92 Å². The van der Waals surface area contributed by atoms with Crippen LogP contribution in [0.4, 0.5) is 5.69 Å². The van der Waals surface area contributed by atoms with Crippen LogP contribution < -0.4 is 20.1 Å². The lowest BCUT2D eigenvalue weighted by Gasteiger charge is -2.22. The highest BCUT2D eigenvalue weighted by molar-refractivity contribution is 6.03. The van der Waals surface area contributed by atoms with E-state index >= 15 is 0 Å². The number of amides is 2. The normalized spacial score (nSPS) is 14.2. The third kappa shape index (κ3) is 6.37. The van der Waals surface area contributed by atoms with Gasteiger partial charge in [0.2, 0.25) is 5.91 Å². The molecule has 2 amide bonds. The van der Waals surface area contributed by atoms with E-state index in [1.165, 1.54) is 26.4 Å². The predicted octanol–water partition coefficient (Wildman–Crippen LogP) is 2.90. The summed E-state index contributed by atoms with van der Waals surface area (Å²) in [6.45, 7) is 3.21. The molecule has 8 heteroatoms. The molecule has 2 N–H and O–H groups in total. The fraction of sp³-hybridized carbons (Fsp3) is 0.571. The number of carbonyl (C=O) groups excluding carboxylic acids is 3. The molecule has 0 aliphatic heterocycles. The number of anilines is 1. The second-order valence-corrected chi connectivity index (χ2v) is 7.38. The van der Waals surface area contributed by atoms with Crippen LogP contribution in [0.15, 0.2) is 12.1 Å². The molecule has 0 heterocycles. The van der Waals surface area contributed by atoms with E-state index in [-0.39, 0.29) is 29.1 Å². The van der Waals surface area contributed by atoms with Gasteiger partial charge >= 0.3 is 5.97 Å². The van der Waals surface area contributed by atoms with Crippen LogP contribution in [0.5, 0.6) is 11.5 Å². The highest BCUT2D eigenvalue weighted by atomic mass is 16.5. The first kappa shape index (κ1) is 22.5. The van der Waals surface area contributed by atoms with Crippen molar-refractivity contribution < 1.29 is 28.6 Å². The fourth-order valence-electron chi connectivity index (χ4n) is 3.32. The van der Waals surface area contributed by atoms with E-state index in [2.05, 4.69) is 10.6 Å². The van der Waals surface area contributed by atoms with E-state index in [4.69, 9.17) is 14.2 Å². The second kappa shape index (κ2) is 10.7. The number of hydrogen-bond acceptors (Lipinski definition) is 6. The summed E-state index contributed by atoms with van der Waals surface area (Å²) in [4.78, 5) is 37.1. The van der Waals surface area contributed by atoms with E-state index in [1.54, 1.807) is 0 Å². The van der Waals surface area contributed by atoms with Crippen molar-refractivity contribution in [3.63, 3.8) is 0 Å². The zero-order valence-electron chi connectivity index (χ0n) is 17.5. The average molecular weight is 406 g/mol. The quantitative estimate of drug-likeness (QED) is 0.644. The number of hydrogen-bond donors (Lipinski definition) is 2. The van der Waals surface area contributed by atoms with Gasteiger partial charge in [-0.2, -0.15) is 0 Å². The van der Waals surface area contributed by atoms with Gasteiger partial charge in [-0.3, -0.25) is 9.59 Å². The Morgan fingerprint density at radius 2 is 1.66 bits per heavy atom. The molecule has 160 valence electrons. The van der Waals surface area contributed by atoms with Gasteiger partial charge in [-0.1, -0.05) is 19.3 Å². The summed E-state index contributed by atoms with van der Waals surface area (Å²) >= 11 is 0. The molecule has 0 saturated heterocycles. The molecule has 0 spiro atoms. The zero-order valence-corrected chi connectivity index (χ0v) is 17.5. The van der Waals surface area contributed by atoms with E-state index < -0.39 is 18.5 Å². The van der Waals surface area contributed by atoms with Crippen molar-refractivity contribution in [3.8, 4) is 11.5 Å². The molecule has 1 aliphatic carbocycles. The van der Waals surface area contributed by atoms with E-state index in [1.807, 2.05) is 13.8 Å². The largest absolute Gasteiger partial charge is 0.493 e. The van der Waals surface area contributed by atoms with Crippen molar-refractivity contribution in [1.29, 1.82) is 0 Å². The Morgan fingerprint density at radius 3 is 2.24 bits per heavy atom. The highest BCUT2D eigenvalue weighted by Gasteiger charge is 2.25. The Morgan fingerprint density at radius 1 is 1.03 bits per heavy atom. The predicted molar refractivity (Wildman–Crippen MR) is 108 cm³/mol. The molecular weight excluding hydrogens is 376 g/mol. The van der Waals surface area contributed by atoms with E-state index in [0.29, 0.717) is 11.5 Å². The van der Waals surface area contributed by atoms with Gasteiger partial charge in [0.25, 0.3) is 5.91 Å². The van der Waals surface area contributed by atoms with Crippen molar-refractivity contribution in [3.05, 3.63) is 17.7 Å². The molecule has 1 aromatic rings. The summed E-state index contributed by atoms with van der Waals surface area (Å²) < 4.78 is 15.7. The molecule has 1 aromatic carbocycles. The Balaban J connectivity index is 2.22. The summed E-state index contributed by atoms with van der Waals surface area (Å²) in [7, 11) is 2.92. The van der Waals surface area contributed by atoms with Gasteiger partial charge in [-0.05, 0) is 26.7 Å². The van der Waals surface area contributed by atoms with E-state index in [0.717, 1.165) is 32.1 Å². The smallest absolute Gasteiger partial charge is 0.340 e. The van der Waals surface area contributed by atoms with Gasteiger partial charge in [0.15, 0.2) is 18.1 Å². The lowest BCUT2D eigenvalue weighted by atomic mass is 9.88. The van der Waals surface area contributed by atoms with Crippen molar-refractivity contribution in [2.75, 3.05) is 26.1 Å². The standard InChI is InChI=1S/C21H30N2O6/c1-13(2)22-19(24)12-29-21(26)15-10-17(27-3)18(28-4)11-16(15)23-20(25)14-8-6-5-7-9-14/h10-11,13-14H,5-9,12H2,1-4H3,(H,22,24)(H,23,25). The minimum Gasteiger partial charge on any atom is -0.493 e. The molecule has 1 fully saturated rings. The summed E-state index contributed by atoms with van der Waals surface area (Å²) in [5.41, 5.74) is 0.372. The maximum absolute atomic E-state index is 12.7. The minimum atomic E-state index is -0.733. The fourth-order valence-corrected chi connectivity index (χ4v) is 3.32. The SMILES string of the molecule is COc1cc(NC(=O)C2CCCCC2)c(C(=O)OCC(=O)NC(C)C)cc1OC. The number of carbonyl (C=O) groups is 3. The third-order valence-electron chi connectivity index (χ3n) is 4.76. The van der Waals surface area contributed by atoms with Crippen LogP contribution in [0.3, 0.4) is 0 Å². The molecular formula is C21H30N2O6. The van der Waals surface area contributed by atoms with Crippen LogP contribution in [0, 0.1) is 5.92 Å². The lowest BCUT2D eigenvalue weighted by Crippen LogP contribution is -2.34. The van der Waals surface area contributed by atoms with Crippen molar-refractivity contribution in [2.45, 2.75) is 52.0 Å². The molecule has 1 aliphatic rings. The maximum Gasteiger partial charge on any atom is 0.340 e. The van der Waals surface area contributed by atoms with Gasteiger partial charge in [0.05, 0.1) is 25.5 Å². The van der Waals surface area contributed by atoms with Crippen LogP contribution in [0.25, 0.3) is 0 Å². The Bertz CT molecular complexity index is 741. The summed E-state index contributed by atoms with van der Waals surface area (Å²) in [6, 6.07) is 2.91. The minimum absolute atomic E-state index is 0.0624. The van der Waals surface area contributed by atoms with Crippen LogP contribution in [-0.4, -0.2) is 44.7 Å². The average Bonchev–Trinajstić information content (AvgIpc) is 2.71. The molecule has 2 rings (SSSR count). The molecule has 0 aromatic heterocycles. The molecule has 0 atom stereocenters. The molecule has 0 radical (unpaired) electrons. The number of methoxy groups -OCH3 is 2. The Hall–Kier alpha value is -2.77. The van der Waals surface area contributed by atoms with Gasteiger partial charge in [0.1, 0.15) is 0 Å². The van der Waals surface area contributed by atoms with Gasteiger partial charge in [-0.25, -0.2) is 4.79 Å². The summed E-state index contributed by atoms with van der Waals surface area (Å²) in [5, 5.41) is 5.48. The van der Waals surface area contributed by atoms with Crippen molar-refractivity contribution in [1.82, 2.24) is 5.32 Å². The lowest BCUT2D eigenvalue weighted by molar-refractivity contribution is -0.124. The first-order chi connectivity index (χ1) is 13.8. The number of benzene rings is 1. The number of rotatable bonds is 8. The molecule has 1 saturated carbocycles. The topological polar surface area (TPSA) is 103 Å². The molecule has 0 unspecified atom stereocenters. The van der Waals surface area contributed by atoms with Gasteiger partial charge in [0, 0.05) is 24.1 Å². The number of esters is 1. The summed E-state index contributed by atoms with van der Waals surface area (Å²) in [5.74, 6) is -0.659. The first-order valence-corrected chi connectivity index (χ1v) is 9.89. The third-order valence-corrected chi connectivity index (χ3v) is 4.76. The van der Waals surface area contributed by atoms with Crippen LogP contribution in [0.2, 0.25) is 0 Å². The van der Waals surface area contributed by atoms with Gasteiger partial charge in [-0.15, -0.1) is 0 Å². The number of nitrogens with one attached hydrogen (secondary N) is 2. The highest BCUT2D eigenvalue weighted by Crippen LogP contribution is 2.34. The Labute approximate surface area is 171 Å². The molecule has 29 heavy (non-hydrogen) atoms.